The lowest BCUT2D eigenvalue weighted by Crippen LogP contribution is -2.31. The Kier molecular flexibility index (Phi) is 3.66. The van der Waals surface area contributed by atoms with Crippen molar-refractivity contribution < 1.29 is 14.6 Å². The maximum absolute atomic E-state index is 11.0. The van der Waals surface area contributed by atoms with Gasteiger partial charge in [-0.3, -0.25) is 9.69 Å². The van der Waals surface area contributed by atoms with Crippen LogP contribution in [-0.4, -0.2) is 34.2 Å². The lowest BCUT2D eigenvalue weighted by atomic mass is 10.0. The highest BCUT2D eigenvalue weighted by Crippen LogP contribution is 2.38. The molecule has 3 rings (SSSR count). The van der Waals surface area contributed by atoms with Crippen LogP contribution < -0.4 is 4.74 Å². The van der Waals surface area contributed by atoms with Gasteiger partial charge in [0.2, 0.25) is 0 Å². The van der Waals surface area contributed by atoms with E-state index in [4.69, 9.17) is 9.84 Å². The third-order valence-corrected chi connectivity index (χ3v) is 4.46. The molecule has 0 bridgehead atoms. The molecule has 0 aliphatic carbocycles. The van der Waals surface area contributed by atoms with E-state index in [9.17, 15) is 4.79 Å². The molecular formula is C17H23NO3. The van der Waals surface area contributed by atoms with E-state index in [1.54, 1.807) is 0 Å². The molecule has 1 aromatic carbocycles. The Balaban J connectivity index is 1.77. The van der Waals surface area contributed by atoms with Gasteiger partial charge in [-0.15, -0.1) is 0 Å². The highest BCUT2D eigenvalue weighted by atomic mass is 16.5. The van der Waals surface area contributed by atoms with Crippen molar-refractivity contribution in [3.8, 4) is 5.75 Å². The number of carboxylic acids is 1. The van der Waals surface area contributed by atoms with Crippen LogP contribution in [-0.2, 0) is 17.8 Å². The summed E-state index contributed by atoms with van der Waals surface area (Å²) in [6.45, 7) is 5.99. The second-order valence-electron chi connectivity index (χ2n) is 6.81. The number of hydrogen-bond acceptors (Lipinski definition) is 3. The van der Waals surface area contributed by atoms with Crippen LogP contribution in [0.15, 0.2) is 18.2 Å². The van der Waals surface area contributed by atoms with Crippen LogP contribution in [0.5, 0.6) is 5.75 Å². The standard InChI is InChI=1S/C17H23NO3/c1-17(2)10-12-5-3-6-13(16(12)21-17)11-18-8-4-7-14(18)9-15(19)20/h3,5-6,14H,4,7-11H2,1-2H3,(H,19,20). The first-order valence-corrected chi connectivity index (χ1v) is 7.70. The molecule has 0 radical (unpaired) electrons. The number of carboxylic acid groups (broad SMARTS) is 1. The molecule has 1 aromatic rings. The molecule has 0 spiro atoms. The Morgan fingerprint density at radius 3 is 3.05 bits per heavy atom. The van der Waals surface area contributed by atoms with Gasteiger partial charge in [-0.05, 0) is 38.8 Å². The number of rotatable bonds is 4. The monoisotopic (exact) mass is 289 g/mol. The van der Waals surface area contributed by atoms with E-state index >= 15 is 0 Å². The molecular weight excluding hydrogens is 266 g/mol. The Labute approximate surface area is 125 Å². The fraction of sp³-hybridized carbons (Fsp3) is 0.588. The maximum Gasteiger partial charge on any atom is 0.304 e. The Morgan fingerprint density at radius 2 is 2.29 bits per heavy atom. The first kappa shape index (κ1) is 14.4. The van der Waals surface area contributed by atoms with Gasteiger partial charge in [0, 0.05) is 24.6 Å². The van der Waals surface area contributed by atoms with Crippen molar-refractivity contribution in [1.29, 1.82) is 0 Å². The maximum atomic E-state index is 11.0. The second-order valence-corrected chi connectivity index (χ2v) is 6.81. The number of benzene rings is 1. The number of carbonyl (C=O) groups is 1. The number of fused-ring (bicyclic) bond motifs is 1. The van der Waals surface area contributed by atoms with E-state index in [1.807, 2.05) is 0 Å². The van der Waals surface area contributed by atoms with Gasteiger partial charge in [0.15, 0.2) is 0 Å². The molecule has 21 heavy (non-hydrogen) atoms. The molecule has 1 unspecified atom stereocenters. The highest BCUT2D eigenvalue weighted by molar-refractivity contribution is 5.67. The number of likely N-dealkylation sites (tertiary alicyclic amines) is 1. The third-order valence-electron chi connectivity index (χ3n) is 4.46. The predicted molar refractivity (Wildman–Crippen MR) is 80.5 cm³/mol. The van der Waals surface area contributed by atoms with E-state index in [1.165, 1.54) is 11.1 Å². The van der Waals surface area contributed by atoms with E-state index in [0.29, 0.717) is 0 Å². The normalized spacial score (nSPS) is 23.8. The van der Waals surface area contributed by atoms with Gasteiger partial charge in [0.05, 0.1) is 6.42 Å². The first-order valence-electron chi connectivity index (χ1n) is 7.70. The largest absolute Gasteiger partial charge is 0.487 e. The summed E-state index contributed by atoms with van der Waals surface area (Å²) >= 11 is 0. The summed E-state index contributed by atoms with van der Waals surface area (Å²) in [5.74, 6) is 0.311. The topological polar surface area (TPSA) is 49.8 Å². The quantitative estimate of drug-likeness (QED) is 0.926. The minimum atomic E-state index is -0.706. The molecule has 2 aliphatic rings. The molecule has 2 heterocycles. The van der Waals surface area contributed by atoms with E-state index in [0.717, 1.165) is 38.1 Å². The summed E-state index contributed by atoms with van der Waals surface area (Å²) in [5.41, 5.74) is 2.33. The molecule has 2 aliphatic heterocycles. The highest BCUT2D eigenvalue weighted by Gasteiger charge is 2.33. The molecule has 1 atom stereocenters. The van der Waals surface area contributed by atoms with Crippen molar-refractivity contribution in [2.75, 3.05) is 6.54 Å². The van der Waals surface area contributed by atoms with Crippen LogP contribution in [0.1, 0.15) is 44.2 Å². The van der Waals surface area contributed by atoms with Gasteiger partial charge in [-0.25, -0.2) is 0 Å². The van der Waals surface area contributed by atoms with Crippen LogP contribution >= 0.6 is 0 Å². The summed E-state index contributed by atoms with van der Waals surface area (Å²) in [5, 5.41) is 9.03. The number of aliphatic carboxylic acids is 1. The van der Waals surface area contributed by atoms with E-state index < -0.39 is 5.97 Å². The summed E-state index contributed by atoms with van der Waals surface area (Å²) < 4.78 is 6.11. The van der Waals surface area contributed by atoms with Crippen LogP contribution in [0.2, 0.25) is 0 Å². The van der Waals surface area contributed by atoms with Crippen LogP contribution in [0.3, 0.4) is 0 Å². The smallest absolute Gasteiger partial charge is 0.304 e. The Hall–Kier alpha value is -1.55. The summed E-state index contributed by atoms with van der Waals surface area (Å²) in [6.07, 6.45) is 3.24. The van der Waals surface area contributed by atoms with Gasteiger partial charge in [-0.1, -0.05) is 18.2 Å². The number of hydrogen-bond donors (Lipinski definition) is 1. The zero-order valence-corrected chi connectivity index (χ0v) is 12.8. The third kappa shape index (κ3) is 3.05. The van der Waals surface area contributed by atoms with Crippen molar-refractivity contribution in [2.24, 2.45) is 0 Å². The van der Waals surface area contributed by atoms with E-state index in [2.05, 4.69) is 36.9 Å². The fourth-order valence-electron chi connectivity index (χ4n) is 3.56. The number of ether oxygens (including phenoxy) is 1. The molecule has 4 nitrogen and oxygen atoms in total. The van der Waals surface area contributed by atoms with Gasteiger partial charge >= 0.3 is 5.97 Å². The fourth-order valence-corrected chi connectivity index (χ4v) is 3.56. The van der Waals surface area contributed by atoms with Crippen molar-refractivity contribution in [3.63, 3.8) is 0 Å². The Morgan fingerprint density at radius 1 is 1.48 bits per heavy atom. The zero-order valence-electron chi connectivity index (χ0n) is 12.8. The predicted octanol–water partition coefficient (Wildman–Crippen LogP) is 2.84. The average Bonchev–Trinajstić information content (AvgIpc) is 2.92. The molecule has 1 saturated heterocycles. The SMILES string of the molecule is CC1(C)Cc2cccc(CN3CCCC3CC(=O)O)c2O1. The van der Waals surface area contributed by atoms with Crippen LogP contribution in [0.25, 0.3) is 0 Å². The average molecular weight is 289 g/mol. The lowest BCUT2D eigenvalue weighted by Gasteiger charge is -2.25. The summed E-state index contributed by atoms with van der Waals surface area (Å²) in [4.78, 5) is 13.3. The molecule has 1 N–H and O–H groups in total. The molecule has 4 heteroatoms. The second kappa shape index (κ2) is 5.34. The molecule has 0 aromatic heterocycles. The lowest BCUT2D eigenvalue weighted by molar-refractivity contribution is -0.138. The first-order chi connectivity index (χ1) is 9.94. The number of para-hydroxylation sites is 1. The molecule has 0 amide bonds. The van der Waals surface area contributed by atoms with Gasteiger partial charge in [0.25, 0.3) is 0 Å². The van der Waals surface area contributed by atoms with Crippen molar-refractivity contribution in [2.45, 2.75) is 57.7 Å². The summed E-state index contributed by atoms with van der Waals surface area (Å²) in [6, 6.07) is 6.48. The molecule has 1 fully saturated rings. The minimum Gasteiger partial charge on any atom is -0.487 e. The summed E-state index contributed by atoms with van der Waals surface area (Å²) in [7, 11) is 0. The van der Waals surface area contributed by atoms with Gasteiger partial charge in [0.1, 0.15) is 11.4 Å². The van der Waals surface area contributed by atoms with Crippen molar-refractivity contribution in [3.05, 3.63) is 29.3 Å². The van der Waals surface area contributed by atoms with Gasteiger partial charge < -0.3 is 9.84 Å². The zero-order chi connectivity index (χ0) is 15.0. The van der Waals surface area contributed by atoms with Crippen LogP contribution in [0.4, 0.5) is 0 Å². The molecule has 114 valence electrons. The Bertz CT molecular complexity index is 553. The van der Waals surface area contributed by atoms with E-state index in [-0.39, 0.29) is 18.1 Å². The van der Waals surface area contributed by atoms with Crippen LogP contribution in [0, 0.1) is 0 Å². The van der Waals surface area contributed by atoms with Crippen molar-refractivity contribution in [1.82, 2.24) is 4.90 Å². The molecule has 0 saturated carbocycles. The number of nitrogens with zero attached hydrogens (tertiary/aromatic N) is 1. The van der Waals surface area contributed by atoms with Crippen molar-refractivity contribution >= 4 is 5.97 Å². The van der Waals surface area contributed by atoms with Gasteiger partial charge in [-0.2, -0.15) is 0 Å². The minimum absolute atomic E-state index is 0.135.